The number of aromatic nitrogens is 2. The number of piperidine rings is 1. The highest BCUT2D eigenvalue weighted by atomic mass is 16.5. The van der Waals surface area contributed by atoms with Gasteiger partial charge in [-0.1, -0.05) is 24.2 Å². The Morgan fingerprint density at radius 2 is 2.12 bits per heavy atom. The number of carbonyl (C=O) groups excluding carboxylic acids is 1. The van der Waals surface area contributed by atoms with Crippen molar-refractivity contribution in [3.05, 3.63) is 41.5 Å². The van der Waals surface area contributed by atoms with Crippen LogP contribution in [0.4, 0.5) is 0 Å². The molecule has 1 saturated heterocycles. The first-order valence-electron chi connectivity index (χ1n) is 9.32. The van der Waals surface area contributed by atoms with Gasteiger partial charge >= 0.3 is 0 Å². The van der Waals surface area contributed by atoms with Crippen LogP contribution in [0.1, 0.15) is 55.8 Å². The quantitative estimate of drug-likeness (QED) is 0.824. The molecule has 1 atom stereocenters. The maximum atomic E-state index is 12.8. The largest absolute Gasteiger partial charge is 0.497 e. The van der Waals surface area contributed by atoms with Crippen molar-refractivity contribution in [1.82, 2.24) is 15.0 Å². The minimum absolute atomic E-state index is 0.145. The van der Waals surface area contributed by atoms with Gasteiger partial charge in [0.2, 0.25) is 11.8 Å². The fraction of sp³-hybridized carbons (Fsp3) is 0.550. The van der Waals surface area contributed by atoms with Crippen LogP contribution in [0.5, 0.6) is 5.75 Å². The molecule has 2 aromatic rings. The molecule has 6 nitrogen and oxygen atoms in total. The van der Waals surface area contributed by atoms with Gasteiger partial charge in [-0.15, -0.1) is 0 Å². The normalized spacial score (nSPS) is 23.1. The van der Waals surface area contributed by atoms with Gasteiger partial charge in [-0.05, 0) is 43.4 Å². The molecule has 0 N–H and O–H groups in total. The zero-order valence-electron chi connectivity index (χ0n) is 15.4. The second-order valence-electron chi connectivity index (χ2n) is 7.73. The highest BCUT2D eigenvalue weighted by Gasteiger charge is 2.40. The van der Waals surface area contributed by atoms with E-state index in [0.717, 1.165) is 55.3 Å². The molecule has 1 aromatic heterocycles. The van der Waals surface area contributed by atoms with Crippen LogP contribution in [-0.2, 0) is 16.6 Å². The van der Waals surface area contributed by atoms with Gasteiger partial charge in [-0.25, -0.2) is 0 Å². The second-order valence-corrected chi connectivity index (χ2v) is 7.73. The van der Waals surface area contributed by atoms with E-state index in [1.165, 1.54) is 0 Å². The molecule has 2 aliphatic rings. The van der Waals surface area contributed by atoms with Gasteiger partial charge in [0.05, 0.1) is 13.5 Å². The summed E-state index contributed by atoms with van der Waals surface area (Å²) in [5.74, 6) is 2.92. The summed E-state index contributed by atoms with van der Waals surface area (Å²) in [6, 6.07) is 7.67. The minimum atomic E-state index is -0.232. The highest BCUT2D eigenvalue weighted by Crippen LogP contribution is 2.40. The Morgan fingerprint density at radius 1 is 1.35 bits per heavy atom. The minimum Gasteiger partial charge on any atom is -0.497 e. The summed E-state index contributed by atoms with van der Waals surface area (Å²) in [6.07, 6.45) is 4.62. The third-order valence-electron chi connectivity index (χ3n) is 5.47. The van der Waals surface area contributed by atoms with Gasteiger partial charge in [0, 0.05) is 24.4 Å². The van der Waals surface area contributed by atoms with E-state index in [4.69, 9.17) is 9.26 Å². The third kappa shape index (κ3) is 3.45. The van der Waals surface area contributed by atoms with E-state index in [1.54, 1.807) is 7.11 Å². The lowest BCUT2D eigenvalue weighted by atomic mass is 9.81. The SMILES string of the molecule is COc1ccc(CC(=O)N2CCCC(C)(c3noc(C4CC4)n3)C2)cc1. The van der Waals surface area contributed by atoms with Crippen molar-refractivity contribution in [1.29, 1.82) is 0 Å². The van der Waals surface area contributed by atoms with Gasteiger partial charge in [0.25, 0.3) is 0 Å². The van der Waals surface area contributed by atoms with E-state index in [9.17, 15) is 4.79 Å². The number of hydrogen-bond acceptors (Lipinski definition) is 5. The number of ether oxygens (including phenoxy) is 1. The molecule has 4 rings (SSSR count). The van der Waals surface area contributed by atoms with Crippen molar-refractivity contribution in [3.8, 4) is 5.75 Å². The van der Waals surface area contributed by atoms with Gasteiger partial charge in [0.15, 0.2) is 5.82 Å². The van der Waals surface area contributed by atoms with Crippen molar-refractivity contribution < 1.29 is 14.1 Å². The van der Waals surface area contributed by atoms with E-state index >= 15 is 0 Å². The summed E-state index contributed by atoms with van der Waals surface area (Å²) < 4.78 is 10.6. The van der Waals surface area contributed by atoms with Gasteiger partial charge < -0.3 is 14.2 Å². The number of methoxy groups -OCH3 is 1. The molecule has 138 valence electrons. The standard InChI is InChI=1S/C20H25N3O3/c1-20(19-21-18(26-22-19)15-6-7-15)10-3-11-23(13-20)17(24)12-14-4-8-16(25-2)9-5-14/h4-5,8-9,15H,3,6-7,10-13H2,1-2H3. The van der Waals surface area contributed by atoms with Gasteiger partial charge in [-0.3, -0.25) is 4.79 Å². The summed E-state index contributed by atoms with van der Waals surface area (Å²) in [5.41, 5.74) is 0.767. The molecule has 0 radical (unpaired) electrons. The number of carbonyl (C=O) groups is 1. The molecule has 1 saturated carbocycles. The van der Waals surface area contributed by atoms with Gasteiger partial charge in [-0.2, -0.15) is 4.98 Å². The summed E-state index contributed by atoms with van der Waals surface area (Å²) in [5, 5.41) is 4.23. The molecule has 1 unspecified atom stereocenters. The summed E-state index contributed by atoms with van der Waals surface area (Å²) in [7, 11) is 1.64. The number of hydrogen-bond donors (Lipinski definition) is 0. The molecule has 26 heavy (non-hydrogen) atoms. The summed E-state index contributed by atoms with van der Waals surface area (Å²) >= 11 is 0. The van der Waals surface area contributed by atoms with E-state index in [-0.39, 0.29) is 11.3 Å². The zero-order chi connectivity index (χ0) is 18.1. The molecule has 1 aliphatic heterocycles. The second kappa shape index (κ2) is 6.74. The first-order valence-corrected chi connectivity index (χ1v) is 9.32. The maximum absolute atomic E-state index is 12.8. The molecule has 1 amide bonds. The summed E-state index contributed by atoms with van der Waals surface area (Å²) in [6.45, 7) is 3.57. The molecule has 1 aromatic carbocycles. The Kier molecular flexibility index (Phi) is 4.42. The third-order valence-corrected chi connectivity index (χ3v) is 5.47. The average molecular weight is 355 g/mol. The zero-order valence-corrected chi connectivity index (χ0v) is 15.4. The number of nitrogens with zero attached hydrogens (tertiary/aromatic N) is 3. The van der Waals surface area contributed by atoms with Crippen molar-refractivity contribution in [3.63, 3.8) is 0 Å². The Balaban J connectivity index is 1.43. The molecular formula is C20H25N3O3. The lowest BCUT2D eigenvalue weighted by molar-refractivity contribution is -0.132. The topological polar surface area (TPSA) is 68.5 Å². The van der Waals surface area contributed by atoms with Crippen molar-refractivity contribution in [2.75, 3.05) is 20.2 Å². The van der Waals surface area contributed by atoms with Crippen LogP contribution in [0.15, 0.2) is 28.8 Å². The van der Waals surface area contributed by atoms with Crippen LogP contribution < -0.4 is 4.74 Å². The first-order chi connectivity index (χ1) is 12.6. The fourth-order valence-electron chi connectivity index (χ4n) is 3.64. The monoisotopic (exact) mass is 355 g/mol. The Bertz CT molecular complexity index is 782. The Hall–Kier alpha value is -2.37. The average Bonchev–Trinajstić information content (AvgIpc) is 3.38. The molecule has 2 fully saturated rings. The van der Waals surface area contributed by atoms with Crippen molar-refractivity contribution in [2.45, 2.75) is 50.4 Å². The molecular weight excluding hydrogens is 330 g/mol. The first kappa shape index (κ1) is 17.1. The van der Waals surface area contributed by atoms with E-state index < -0.39 is 0 Å². The fourth-order valence-corrected chi connectivity index (χ4v) is 3.64. The maximum Gasteiger partial charge on any atom is 0.229 e. The predicted molar refractivity (Wildman–Crippen MR) is 96.1 cm³/mol. The molecule has 6 heteroatoms. The highest BCUT2D eigenvalue weighted by molar-refractivity contribution is 5.79. The Labute approximate surface area is 153 Å². The van der Waals surface area contributed by atoms with Crippen LogP contribution in [-0.4, -0.2) is 41.1 Å². The van der Waals surface area contributed by atoms with Crippen LogP contribution >= 0.6 is 0 Å². The number of rotatable bonds is 5. The molecule has 2 heterocycles. The molecule has 0 bridgehead atoms. The van der Waals surface area contributed by atoms with E-state index in [2.05, 4.69) is 17.1 Å². The lowest BCUT2D eigenvalue weighted by Gasteiger charge is -2.38. The van der Waals surface area contributed by atoms with Crippen LogP contribution in [0, 0.1) is 0 Å². The summed E-state index contributed by atoms with van der Waals surface area (Å²) in [4.78, 5) is 19.4. The van der Waals surface area contributed by atoms with Crippen LogP contribution in [0.25, 0.3) is 0 Å². The van der Waals surface area contributed by atoms with E-state index in [1.807, 2.05) is 29.2 Å². The Morgan fingerprint density at radius 3 is 2.81 bits per heavy atom. The van der Waals surface area contributed by atoms with E-state index in [0.29, 0.717) is 18.9 Å². The van der Waals surface area contributed by atoms with Gasteiger partial charge in [0.1, 0.15) is 5.75 Å². The molecule has 0 spiro atoms. The van der Waals surface area contributed by atoms with Crippen molar-refractivity contribution in [2.24, 2.45) is 0 Å². The number of benzene rings is 1. The lowest BCUT2D eigenvalue weighted by Crippen LogP contribution is -2.48. The number of likely N-dealkylation sites (tertiary alicyclic amines) is 1. The van der Waals surface area contributed by atoms with Crippen LogP contribution in [0.3, 0.4) is 0 Å². The predicted octanol–water partition coefficient (Wildman–Crippen LogP) is 3.08. The molecule has 1 aliphatic carbocycles. The smallest absolute Gasteiger partial charge is 0.229 e. The van der Waals surface area contributed by atoms with Crippen LogP contribution in [0.2, 0.25) is 0 Å². The van der Waals surface area contributed by atoms with Crippen molar-refractivity contribution >= 4 is 5.91 Å². The number of amides is 1.